The summed E-state index contributed by atoms with van der Waals surface area (Å²) in [6.07, 6.45) is 0.532. The van der Waals surface area contributed by atoms with E-state index in [1.54, 1.807) is 24.3 Å². The van der Waals surface area contributed by atoms with Crippen LogP contribution in [0.3, 0.4) is 0 Å². The van der Waals surface area contributed by atoms with Crippen molar-refractivity contribution in [1.82, 2.24) is 9.97 Å². The van der Waals surface area contributed by atoms with Gasteiger partial charge in [0.1, 0.15) is 21.9 Å². The van der Waals surface area contributed by atoms with Gasteiger partial charge in [0.25, 0.3) is 5.91 Å². The molecule has 2 heterocycles. The average molecular weight is 403 g/mol. The number of methoxy groups -OCH3 is 1. The fraction of sp³-hybridized carbons (Fsp3) is 0.222. The number of para-hydroxylation sites is 2. The fourth-order valence-corrected chi connectivity index (χ4v) is 3.84. The minimum atomic E-state index is -0.936. The lowest BCUT2D eigenvalue weighted by Crippen LogP contribution is -2.30. The van der Waals surface area contributed by atoms with E-state index in [1.807, 2.05) is 11.4 Å². The molecule has 140 valence electrons. The lowest BCUT2D eigenvalue weighted by atomic mass is 10.2. The maximum Gasteiger partial charge on any atom is 0.317 e. The van der Waals surface area contributed by atoms with Crippen molar-refractivity contribution in [1.29, 1.82) is 0 Å². The van der Waals surface area contributed by atoms with Crippen molar-refractivity contribution in [3.8, 4) is 5.75 Å². The first-order valence-corrected chi connectivity index (χ1v) is 9.89. The topological polar surface area (TPSA) is 90.4 Å². The Bertz CT molecular complexity index is 960. The minimum absolute atomic E-state index is 0.0498. The summed E-state index contributed by atoms with van der Waals surface area (Å²) in [5.41, 5.74) is 0.517. The van der Waals surface area contributed by atoms with Gasteiger partial charge in [-0.2, -0.15) is 0 Å². The Morgan fingerprint density at radius 3 is 2.89 bits per heavy atom. The lowest BCUT2D eigenvalue weighted by molar-refractivity contribution is -0.150. The fourth-order valence-electron chi connectivity index (χ4n) is 2.28. The summed E-state index contributed by atoms with van der Waals surface area (Å²) in [5, 5.41) is 6.23. The molecule has 0 saturated carbocycles. The van der Waals surface area contributed by atoms with Crippen molar-refractivity contribution in [2.24, 2.45) is 0 Å². The van der Waals surface area contributed by atoms with Crippen LogP contribution in [0, 0.1) is 0 Å². The zero-order valence-corrected chi connectivity index (χ0v) is 16.3. The number of hydrogen-bond donors (Lipinski definition) is 1. The number of nitrogens with zero attached hydrogens (tertiary/aromatic N) is 2. The van der Waals surface area contributed by atoms with E-state index < -0.39 is 18.0 Å². The second kappa shape index (κ2) is 8.83. The van der Waals surface area contributed by atoms with Gasteiger partial charge in [0, 0.05) is 5.39 Å². The van der Waals surface area contributed by atoms with Gasteiger partial charge in [0.05, 0.1) is 18.6 Å². The number of aromatic nitrogens is 2. The van der Waals surface area contributed by atoms with Gasteiger partial charge in [-0.25, -0.2) is 9.97 Å². The SMILES string of the molecule is COc1ccccc1NC(=O)[C@H](C)OC(=O)CSc1ncnc2sccc12. The molecule has 0 fully saturated rings. The molecule has 1 aromatic carbocycles. The van der Waals surface area contributed by atoms with Gasteiger partial charge in [-0.15, -0.1) is 11.3 Å². The predicted octanol–water partition coefficient (Wildman–Crippen LogP) is 3.36. The number of nitrogens with one attached hydrogen (secondary N) is 1. The molecule has 1 amide bonds. The molecule has 3 rings (SSSR count). The third-order valence-corrected chi connectivity index (χ3v) is 5.39. The molecule has 0 bridgehead atoms. The largest absolute Gasteiger partial charge is 0.495 e. The van der Waals surface area contributed by atoms with Crippen LogP contribution in [0.2, 0.25) is 0 Å². The third-order valence-electron chi connectivity index (χ3n) is 3.59. The number of thioether (sulfide) groups is 1. The first-order valence-electron chi connectivity index (χ1n) is 8.03. The van der Waals surface area contributed by atoms with Crippen LogP contribution in [0.25, 0.3) is 10.2 Å². The molecule has 0 aliphatic heterocycles. The molecule has 0 aliphatic rings. The van der Waals surface area contributed by atoms with Gasteiger partial charge < -0.3 is 14.8 Å². The van der Waals surface area contributed by atoms with Crippen LogP contribution in [0.5, 0.6) is 5.75 Å². The van der Waals surface area contributed by atoms with E-state index in [1.165, 1.54) is 43.5 Å². The number of rotatable bonds is 7. The van der Waals surface area contributed by atoms with Crippen LogP contribution in [0.4, 0.5) is 5.69 Å². The van der Waals surface area contributed by atoms with Gasteiger partial charge in [0.2, 0.25) is 0 Å². The van der Waals surface area contributed by atoms with E-state index in [-0.39, 0.29) is 5.75 Å². The van der Waals surface area contributed by atoms with Crippen LogP contribution < -0.4 is 10.1 Å². The Morgan fingerprint density at radius 1 is 1.26 bits per heavy atom. The van der Waals surface area contributed by atoms with Crippen molar-refractivity contribution in [3.63, 3.8) is 0 Å². The summed E-state index contributed by atoms with van der Waals surface area (Å²) in [6, 6.07) is 8.93. The molecule has 1 N–H and O–H groups in total. The second-order valence-electron chi connectivity index (χ2n) is 5.43. The predicted molar refractivity (Wildman–Crippen MR) is 105 cm³/mol. The van der Waals surface area contributed by atoms with Crippen molar-refractivity contribution < 1.29 is 19.1 Å². The Morgan fingerprint density at radius 2 is 2.07 bits per heavy atom. The zero-order chi connectivity index (χ0) is 19.2. The first kappa shape index (κ1) is 19.1. The molecule has 0 radical (unpaired) electrons. The second-order valence-corrected chi connectivity index (χ2v) is 7.29. The highest BCUT2D eigenvalue weighted by atomic mass is 32.2. The molecule has 2 aromatic heterocycles. The Hall–Kier alpha value is -2.65. The number of hydrogen-bond acceptors (Lipinski definition) is 8. The van der Waals surface area contributed by atoms with Gasteiger partial charge in [-0.3, -0.25) is 9.59 Å². The van der Waals surface area contributed by atoms with Crippen LogP contribution in [0.1, 0.15) is 6.92 Å². The molecule has 7 nitrogen and oxygen atoms in total. The van der Waals surface area contributed by atoms with Gasteiger partial charge >= 0.3 is 5.97 Å². The van der Waals surface area contributed by atoms with Gasteiger partial charge in [-0.05, 0) is 30.5 Å². The van der Waals surface area contributed by atoms with E-state index in [4.69, 9.17) is 9.47 Å². The van der Waals surface area contributed by atoms with Crippen LogP contribution in [-0.4, -0.2) is 40.8 Å². The summed E-state index contributed by atoms with van der Waals surface area (Å²) < 4.78 is 10.4. The number of carbonyl (C=O) groups is 2. The maximum absolute atomic E-state index is 12.3. The van der Waals surface area contributed by atoms with E-state index in [0.717, 1.165) is 10.2 Å². The number of fused-ring (bicyclic) bond motifs is 1. The normalized spacial score (nSPS) is 11.8. The lowest BCUT2D eigenvalue weighted by Gasteiger charge is -2.15. The van der Waals surface area contributed by atoms with Crippen LogP contribution in [-0.2, 0) is 14.3 Å². The highest BCUT2D eigenvalue weighted by Crippen LogP contribution is 2.28. The van der Waals surface area contributed by atoms with Crippen molar-refractivity contribution in [3.05, 3.63) is 42.0 Å². The monoisotopic (exact) mass is 403 g/mol. The van der Waals surface area contributed by atoms with E-state index >= 15 is 0 Å². The van der Waals surface area contributed by atoms with E-state index in [2.05, 4.69) is 15.3 Å². The summed E-state index contributed by atoms with van der Waals surface area (Å²) in [6.45, 7) is 1.52. The van der Waals surface area contributed by atoms with Gasteiger partial charge in [0.15, 0.2) is 6.10 Å². The Kier molecular flexibility index (Phi) is 6.25. The van der Waals surface area contributed by atoms with Crippen molar-refractivity contribution in [2.45, 2.75) is 18.1 Å². The molecule has 1 atom stereocenters. The maximum atomic E-state index is 12.3. The average Bonchev–Trinajstić information content (AvgIpc) is 3.16. The number of carbonyl (C=O) groups excluding carboxylic acids is 2. The number of thiophene rings is 1. The van der Waals surface area contributed by atoms with E-state index in [0.29, 0.717) is 16.5 Å². The van der Waals surface area contributed by atoms with Crippen molar-refractivity contribution >= 4 is 50.9 Å². The number of amides is 1. The molecule has 0 spiro atoms. The third kappa shape index (κ3) is 4.75. The Labute approximate surface area is 164 Å². The summed E-state index contributed by atoms with van der Waals surface area (Å²) in [7, 11) is 1.52. The molecular formula is C18H17N3O4S2. The number of ether oxygens (including phenoxy) is 2. The standard InChI is InChI=1S/C18H17N3O4S2/c1-11(16(23)21-13-5-3-4-6-14(13)24-2)25-15(22)9-27-18-12-7-8-26-17(12)19-10-20-18/h3-8,10-11H,9H2,1-2H3,(H,21,23)/t11-/m0/s1. The van der Waals surface area contributed by atoms with Gasteiger partial charge in [-0.1, -0.05) is 23.9 Å². The minimum Gasteiger partial charge on any atom is -0.495 e. The molecule has 9 heteroatoms. The van der Waals surface area contributed by atoms with Crippen LogP contribution in [0.15, 0.2) is 47.1 Å². The molecule has 3 aromatic rings. The van der Waals surface area contributed by atoms with E-state index in [9.17, 15) is 9.59 Å². The molecule has 27 heavy (non-hydrogen) atoms. The highest BCUT2D eigenvalue weighted by Gasteiger charge is 2.19. The molecular weight excluding hydrogens is 386 g/mol. The summed E-state index contributed by atoms with van der Waals surface area (Å²) in [4.78, 5) is 33.6. The highest BCUT2D eigenvalue weighted by molar-refractivity contribution is 8.00. The quantitative estimate of drug-likeness (QED) is 0.367. The van der Waals surface area contributed by atoms with Crippen LogP contribution >= 0.6 is 23.1 Å². The first-order chi connectivity index (χ1) is 13.1. The molecule has 0 aliphatic carbocycles. The number of esters is 1. The number of anilines is 1. The van der Waals surface area contributed by atoms with Crippen molar-refractivity contribution in [2.75, 3.05) is 18.2 Å². The zero-order valence-electron chi connectivity index (χ0n) is 14.7. The summed E-state index contributed by atoms with van der Waals surface area (Å²) >= 11 is 2.77. The summed E-state index contributed by atoms with van der Waals surface area (Å²) in [5.74, 6) is -0.345. The number of benzene rings is 1. The molecule has 0 unspecified atom stereocenters. The Balaban J connectivity index is 1.54. The molecule has 0 saturated heterocycles. The smallest absolute Gasteiger partial charge is 0.317 e.